The molecular formula is C20H25NO3. The smallest absolute Gasteiger partial charge is 0.344 e. The predicted octanol–water partition coefficient (Wildman–Crippen LogP) is 3.63. The second-order valence-electron chi connectivity index (χ2n) is 6.16. The van der Waals surface area contributed by atoms with Gasteiger partial charge < -0.3 is 9.72 Å². The maximum Gasteiger partial charge on any atom is 0.344 e. The Morgan fingerprint density at radius 2 is 1.67 bits per heavy atom. The third kappa shape index (κ3) is 3.75. The summed E-state index contributed by atoms with van der Waals surface area (Å²) < 4.78 is 5.12. The summed E-state index contributed by atoms with van der Waals surface area (Å²) in [6, 6.07) is 6.30. The van der Waals surface area contributed by atoms with Crippen molar-refractivity contribution in [2.45, 2.75) is 47.5 Å². The molecule has 0 fully saturated rings. The zero-order chi connectivity index (χ0) is 17.9. The standard InChI is InChI=1S/C20H25NO3/c1-6-16-14(5)21-19(22)18(20(23)24-7-2)17(16)11-15-9-12(3)8-13(4)10-15/h8-10H,6-7,11H2,1-5H3,(H,21,22). The summed E-state index contributed by atoms with van der Waals surface area (Å²) in [5, 5.41) is 0. The van der Waals surface area contributed by atoms with E-state index in [4.69, 9.17) is 4.74 Å². The van der Waals surface area contributed by atoms with E-state index in [1.54, 1.807) is 6.92 Å². The fourth-order valence-corrected chi connectivity index (χ4v) is 3.29. The van der Waals surface area contributed by atoms with Crippen LogP contribution in [-0.4, -0.2) is 17.6 Å². The molecule has 2 aromatic rings. The SMILES string of the molecule is CCOC(=O)c1c(Cc2cc(C)cc(C)c2)c(CC)c(C)[nH]c1=O. The van der Waals surface area contributed by atoms with Crippen LogP contribution in [0.1, 0.15) is 57.7 Å². The highest BCUT2D eigenvalue weighted by Crippen LogP contribution is 2.21. The second kappa shape index (κ2) is 7.47. The van der Waals surface area contributed by atoms with Gasteiger partial charge in [-0.3, -0.25) is 4.79 Å². The first kappa shape index (κ1) is 18.0. The maximum absolute atomic E-state index is 12.4. The lowest BCUT2D eigenvalue weighted by molar-refractivity contribution is 0.0523. The number of aromatic amines is 1. The molecule has 1 N–H and O–H groups in total. The van der Waals surface area contributed by atoms with Gasteiger partial charge in [-0.05, 0) is 57.2 Å². The van der Waals surface area contributed by atoms with Crippen LogP contribution in [0.15, 0.2) is 23.0 Å². The predicted molar refractivity (Wildman–Crippen MR) is 95.9 cm³/mol. The number of carbonyl (C=O) groups excluding carboxylic acids is 1. The van der Waals surface area contributed by atoms with Gasteiger partial charge in [0, 0.05) is 5.69 Å². The number of pyridine rings is 1. The number of carbonyl (C=O) groups is 1. The van der Waals surface area contributed by atoms with Crippen molar-refractivity contribution in [3.8, 4) is 0 Å². The molecular weight excluding hydrogens is 302 g/mol. The highest BCUT2D eigenvalue weighted by molar-refractivity contribution is 5.91. The number of benzene rings is 1. The summed E-state index contributed by atoms with van der Waals surface area (Å²) >= 11 is 0. The molecule has 0 aliphatic rings. The summed E-state index contributed by atoms with van der Waals surface area (Å²) in [5.41, 5.74) is 5.80. The monoisotopic (exact) mass is 327 g/mol. The number of hydrogen-bond donors (Lipinski definition) is 1. The minimum Gasteiger partial charge on any atom is -0.462 e. The van der Waals surface area contributed by atoms with E-state index in [1.165, 1.54) is 11.1 Å². The molecule has 0 amide bonds. The molecule has 1 heterocycles. The zero-order valence-electron chi connectivity index (χ0n) is 15.1. The van der Waals surface area contributed by atoms with Crippen molar-refractivity contribution in [3.05, 3.63) is 67.6 Å². The largest absolute Gasteiger partial charge is 0.462 e. The number of rotatable bonds is 5. The first-order valence-corrected chi connectivity index (χ1v) is 8.36. The van der Waals surface area contributed by atoms with Crippen molar-refractivity contribution in [2.75, 3.05) is 6.61 Å². The quantitative estimate of drug-likeness (QED) is 0.853. The average Bonchev–Trinajstić information content (AvgIpc) is 2.46. The molecule has 0 saturated carbocycles. The van der Waals surface area contributed by atoms with E-state index >= 15 is 0 Å². The van der Waals surface area contributed by atoms with Crippen LogP contribution < -0.4 is 5.56 Å². The maximum atomic E-state index is 12.4. The molecule has 0 aliphatic carbocycles. The molecule has 24 heavy (non-hydrogen) atoms. The van der Waals surface area contributed by atoms with Crippen molar-refractivity contribution in [3.63, 3.8) is 0 Å². The van der Waals surface area contributed by atoms with Gasteiger partial charge in [-0.2, -0.15) is 0 Å². The van der Waals surface area contributed by atoms with Gasteiger partial charge in [0.1, 0.15) is 5.56 Å². The second-order valence-corrected chi connectivity index (χ2v) is 6.16. The Morgan fingerprint density at radius 3 is 2.21 bits per heavy atom. The summed E-state index contributed by atoms with van der Waals surface area (Å²) in [5.74, 6) is -0.548. The fraction of sp³-hybridized carbons (Fsp3) is 0.400. The van der Waals surface area contributed by atoms with E-state index in [0.29, 0.717) is 6.42 Å². The number of hydrogen-bond acceptors (Lipinski definition) is 3. The van der Waals surface area contributed by atoms with Crippen molar-refractivity contribution in [2.24, 2.45) is 0 Å². The summed E-state index contributed by atoms with van der Waals surface area (Å²) in [6.45, 7) is 9.99. The summed E-state index contributed by atoms with van der Waals surface area (Å²) in [6.07, 6.45) is 1.29. The Kier molecular flexibility index (Phi) is 5.60. The van der Waals surface area contributed by atoms with Gasteiger partial charge in [-0.1, -0.05) is 36.2 Å². The minimum absolute atomic E-state index is 0.137. The number of ether oxygens (including phenoxy) is 1. The van der Waals surface area contributed by atoms with Gasteiger partial charge >= 0.3 is 5.97 Å². The molecule has 0 spiro atoms. The highest BCUT2D eigenvalue weighted by Gasteiger charge is 2.22. The molecule has 128 valence electrons. The van der Waals surface area contributed by atoms with Gasteiger partial charge in [0.15, 0.2) is 0 Å². The van der Waals surface area contributed by atoms with E-state index in [9.17, 15) is 9.59 Å². The highest BCUT2D eigenvalue weighted by atomic mass is 16.5. The molecule has 0 atom stereocenters. The van der Waals surface area contributed by atoms with E-state index in [0.717, 1.165) is 28.8 Å². The van der Waals surface area contributed by atoms with Crippen LogP contribution in [-0.2, 0) is 17.6 Å². The van der Waals surface area contributed by atoms with Crippen LogP contribution in [0.4, 0.5) is 0 Å². The molecule has 0 radical (unpaired) electrons. The lowest BCUT2D eigenvalue weighted by Crippen LogP contribution is -2.25. The Bertz CT molecular complexity index is 798. The molecule has 1 aromatic heterocycles. The first-order valence-electron chi connectivity index (χ1n) is 8.36. The Labute approximate surface area is 142 Å². The molecule has 0 bridgehead atoms. The summed E-state index contributed by atoms with van der Waals surface area (Å²) in [4.78, 5) is 27.6. The molecule has 1 aromatic carbocycles. The van der Waals surface area contributed by atoms with Crippen LogP contribution in [0.3, 0.4) is 0 Å². The van der Waals surface area contributed by atoms with Crippen molar-refractivity contribution >= 4 is 5.97 Å². The number of aromatic nitrogens is 1. The lowest BCUT2D eigenvalue weighted by Gasteiger charge is -2.16. The normalized spacial score (nSPS) is 10.7. The van der Waals surface area contributed by atoms with Gasteiger partial charge in [0.2, 0.25) is 0 Å². The van der Waals surface area contributed by atoms with Crippen LogP contribution >= 0.6 is 0 Å². The van der Waals surface area contributed by atoms with Gasteiger partial charge in [-0.15, -0.1) is 0 Å². The molecule has 0 saturated heterocycles. The Hall–Kier alpha value is -2.36. The van der Waals surface area contributed by atoms with E-state index in [2.05, 4.69) is 23.2 Å². The number of nitrogens with one attached hydrogen (secondary N) is 1. The van der Waals surface area contributed by atoms with E-state index in [1.807, 2.05) is 27.7 Å². The minimum atomic E-state index is -0.548. The zero-order valence-corrected chi connectivity index (χ0v) is 15.1. The number of aryl methyl sites for hydroxylation is 3. The van der Waals surface area contributed by atoms with Crippen molar-refractivity contribution in [1.29, 1.82) is 0 Å². The Balaban J connectivity index is 2.64. The molecule has 0 unspecified atom stereocenters. The van der Waals surface area contributed by atoms with Crippen LogP contribution in [0.25, 0.3) is 0 Å². The lowest BCUT2D eigenvalue weighted by atomic mass is 9.92. The third-order valence-electron chi connectivity index (χ3n) is 4.14. The number of esters is 1. The average molecular weight is 327 g/mol. The van der Waals surface area contributed by atoms with E-state index < -0.39 is 5.97 Å². The third-order valence-corrected chi connectivity index (χ3v) is 4.14. The van der Waals surface area contributed by atoms with Crippen molar-refractivity contribution < 1.29 is 9.53 Å². The van der Waals surface area contributed by atoms with Gasteiger partial charge in [0.05, 0.1) is 6.61 Å². The topological polar surface area (TPSA) is 59.2 Å². The molecule has 4 nitrogen and oxygen atoms in total. The summed E-state index contributed by atoms with van der Waals surface area (Å²) in [7, 11) is 0. The first-order chi connectivity index (χ1) is 11.4. The number of H-pyrrole nitrogens is 1. The van der Waals surface area contributed by atoms with Gasteiger partial charge in [0.25, 0.3) is 5.56 Å². The Morgan fingerprint density at radius 1 is 1.04 bits per heavy atom. The van der Waals surface area contributed by atoms with E-state index in [-0.39, 0.29) is 17.7 Å². The van der Waals surface area contributed by atoms with Crippen LogP contribution in [0, 0.1) is 20.8 Å². The van der Waals surface area contributed by atoms with Crippen molar-refractivity contribution in [1.82, 2.24) is 4.98 Å². The molecule has 0 aliphatic heterocycles. The molecule has 4 heteroatoms. The van der Waals surface area contributed by atoms with Crippen LogP contribution in [0.5, 0.6) is 0 Å². The fourth-order valence-electron chi connectivity index (χ4n) is 3.29. The molecule has 2 rings (SSSR count). The van der Waals surface area contributed by atoms with Gasteiger partial charge in [-0.25, -0.2) is 4.79 Å². The van der Waals surface area contributed by atoms with Crippen LogP contribution in [0.2, 0.25) is 0 Å².